The minimum atomic E-state index is 0.781. The molecule has 1 aliphatic rings. The summed E-state index contributed by atoms with van der Waals surface area (Å²) < 4.78 is 5.38. The van der Waals surface area contributed by atoms with Gasteiger partial charge >= 0.3 is 0 Å². The van der Waals surface area contributed by atoms with Crippen molar-refractivity contribution < 1.29 is 4.74 Å². The van der Waals surface area contributed by atoms with E-state index < -0.39 is 0 Å². The summed E-state index contributed by atoms with van der Waals surface area (Å²) in [6.45, 7) is 6.24. The monoisotopic (exact) mass is 233 g/mol. The molecule has 2 nitrogen and oxygen atoms in total. The Morgan fingerprint density at radius 3 is 2.82 bits per heavy atom. The number of nitrogens with one attached hydrogen (secondary N) is 1. The van der Waals surface area contributed by atoms with Crippen LogP contribution in [0.3, 0.4) is 0 Å². The van der Waals surface area contributed by atoms with Gasteiger partial charge in [-0.1, -0.05) is 31.2 Å². The summed E-state index contributed by atoms with van der Waals surface area (Å²) >= 11 is 0. The molecule has 1 aliphatic heterocycles. The van der Waals surface area contributed by atoms with E-state index in [0.29, 0.717) is 0 Å². The van der Waals surface area contributed by atoms with Crippen molar-refractivity contribution in [1.82, 2.24) is 5.32 Å². The first-order chi connectivity index (χ1) is 8.40. The molecule has 1 fully saturated rings. The van der Waals surface area contributed by atoms with Crippen LogP contribution < -0.4 is 5.32 Å². The first kappa shape index (κ1) is 12.6. The van der Waals surface area contributed by atoms with Gasteiger partial charge in [0.05, 0.1) is 0 Å². The van der Waals surface area contributed by atoms with Crippen LogP contribution in [0.2, 0.25) is 0 Å². The van der Waals surface area contributed by atoms with Gasteiger partial charge in [-0.2, -0.15) is 0 Å². The van der Waals surface area contributed by atoms with E-state index in [9.17, 15) is 0 Å². The Morgan fingerprint density at radius 1 is 1.29 bits per heavy atom. The number of hydrogen-bond acceptors (Lipinski definition) is 2. The van der Waals surface area contributed by atoms with E-state index in [4.69, 9.17) is 4.74 Å². The van der Waals surface area contributed by atoms with E-state index in [1.54, 1.807) is 0 Å². The number of benzene rings is 1. The van der Waals surface area contributed by atoms with Crippen LogP contribution in [0.15, 0.2) is 24.3 Å². The van der Waals surface area contributed by atoms with Crippen molar-refractivity contribution >= 4 is 0 Å². The molecule has 1 unspecified atom stereocenters. The Balaban J connectivity index is 1.70. The third kappa shape index (κ3) is 3.83. The maximum Gasteiger partial charge on any atom is 0.0495 e. The fourth-order valence-electron chi connectivity index (χ4n) is 2.42. The Hall–Kier alpha value is -0.860. The number of ether oxygens (including phenoxy) is 1. The van der Waals surface area contributed by atoms with Crippen molar-refractivity contribution in [3.63, 3.8) is 0 Å². The van der Waals surface area contributed by atoms with E-state index in [1.165, 1.54) is 24.0 Å². The standard InChI is InChI=1S/C15H23NO/c1-2-14-5-3-4-6-15(14)11-16-9-7-13-8-10-17-12-13/h3-6,13,16H,2,7-12H2,1H3. The molecular formula is C15H23NO. The molecule has 1 N–H and O–H groups in total. The van der Waals surface area contributed by atoms with Crippen molar-refractivity contribution in [2.24, 2.45) is 5.92 Å². The summed E-state index contributed by atoms with van der Waals surface area (Å²) in [5.41, 5.74) is 2.90. The molecular weight excluding hydrogens is 210 g/mol. The van der Waals surface area contributed by atoms with Gasteiger partial charge in [0.25, 0.3) is 0 Å². The van der Waals surface area contributed by atoms with Crippen LogP contribution in [0.5, 0.6) is 0 Å². The van der Waals surface area contributed by atoms with Crippen LogP contribution in [0.4, 0.5) is 0 Å². The smallest absolute Gasteiger partial charge is 0.0495 e. The second kappa shape index (κ2) is 6.77. The largest absolute Gasteiger partial charge is 0.381 e. The Labute approximate surface area is 104 Å². The van der Waals surface area contributed by atoms with E-state index in [2.05, 4.69) is 36.5 Å². The molecule has 0 radical (unpaired) electrons. The van der Waals surface area contributed by atoms with Gasteiger partial charge in [0.1, 0.15) is 0 Å². The normalized spacial score (nSPS) is 19.7. The second-order valence-electron chi connectivity index (χ2n) is 4.82. The first-order valence-corrected chi connectivity index (χ1v) is 6.75. The molecule has 1 aromatic carbocycles. The van der Waals surface area contributed by atoms with Gasteiger partial charge in [0.15, 0.2) is 0 Å². The predicted molar refractivity (Wildman–Crippen MR) is 71.1 cm³/mol. The van der Waals surface area contributed by atoms with Crippen LogP contribution >= 0.6 is 0 Å². The van der Waals surface area contributed by atoms with E-state index in [1.807, 2.05) is 0 Å². The van der Waals surface area contributed by atoms with Crippen LogP contribution in [0.1, 0.15) is 30.9 Å². The van der Waals surface area contributed by atoms with Crippen LogP contribution in [-0.2, 0) is 17.7 Å². The molecule has 94 valence electrons. The minimum Gasteiger partial charge on any atom is -0.381 e. The van der Waals surface area contributed by atoms with Gasteiger partial charge in [0.2, 0.25) is 0 Å². The van der Waals surface area contributed by atoms with Gasteiger partial charge in [-0.3, -0.25) is 0 Å². The number of aryl methyl sites for hydroxylation is 1. The molecule has 0 aromatic heterocycles. The summed E-state index contributed by atoms with van der Waals surface area (Å²) in [5, 5.41) is 3.55. The first-order valence-electron chi connectivity index (χ1n) is 6.75. The van der Waals surface area contributed by atoms with Crippen LogP contribution in [0.25, 0.3) is 0 Å². The number of rotatable bonds is 6. The molecule has 1 saturated heterocycles. The zero-order valence-corrected chi connectivity index (χ0v) is 10.7. The van der Waals surface area contributed by atoms with E-state index in [-0.39, 0.29) is 0 Å². The molecule has 0 aliphatic carbocycles. The molecule has 2 rings (SSSR count). The predicted octanol–water partition coefficient (Wildman–Crippen LogP) is 2.77. The highest BCUT2D eigenvalue weighted by molar-refractivity contribution is 5.26. The molecule has 0 amide bonds. The molecule has 0 bridgehead atoms. The lowest BCUT2D eigenvalue weighted by molar-refractivity contribution is 0.184. The third-order valence-electron chi connectivity index (χ3n) is 3.57. The summed E-state index contributed by atoms with van der Waals surface area (Å²) in [6.07, 6.45) is 3.61. The summed E-state index contributed by atoms with van der Waals surface area (Å²) in [7, 11) is 0. The van der Waals surface area contributed by atoms with Crippen molar-refractivity contribution in [3.8, 4) is 0 Å². The van der Waals surface area contributed by atoms with Crippen LogP contribution in [0, 0.1) is 5.92 Å². The molecule has 1 aromatic rings. The van der Waals surface area contributed by atoms with Gasteiger partial charge in [-0.25, -0.2) is 0 Å². The van der Waals surface area contributed by atoms with Crippen LogP contribution in [-0.4, -0.2) is 19.8 Å². The Kier molecular flexibility index (Phi) is 5.02. The fraction of sp³-hybridized carbons (Fsp3) is 0.600. The number of hydrogen-bond donors (Lipinski definition) is 1. The van der Waals surface area contributed by atoms with E-state index >= 15 is 0 Å². The molecule has 2 heteroatoms. The van der Waals surface area contributed by atoms with Crippen molar-refractivity contribution in [3.05, 3.63) is 35.4 Å². The maximum atomic E-state index is 5.38. The maximum absolute atomic E-state index is 5.38. The minimum absolute atomic E-state index is 0.781. The van der Waals surface area contributed by atoms with Gasteiger partial charge < -0.3 is 10.1 Å². The van der Waals surface area contributed by atoms with Crippen molar-refractivity contribution in [2.75, 3.05) is 19.8 Å². The molecule has 0 saturated carbocycles. The van der Waals surface area contributed by atoms with Gasteiger partial charge in [0, 0.05) is 19.8 Å². The lowest BCUT2D eigenvalue weighted by atomic mass is 10.0. The summed E-state index contributed by atoms with van der Waals surface area (Å²) in [5.74, 6) is 0.781. The highest BCUT2D eigenvalue weighted by atomic mass is 16.5. The Bertz CT molecular complexity index is 331. The highest BCUT2D eigenvalue weighted by Gasteiger charge is 2.14. The summed E-state index contributed by atoms with van der Waals surface area (Å²) in [4.78, 5) is 0. The second-order valence-corrected chi connectivity index (χ2v) is 4.82. The summed E-state index contributed by atoms with van der Waals surface area (Å²) in [6, 6.07) is 8.70. The lowest BCUT2D eigenvalue weighted by Gasteiger charge is -2.11. The van der Waals surface area contributed by atoms with Gasteiger partial charge in [-0.05, 0) is 42.9 Å². The molecule has 1 heterocycles. The molecule has 0 spiro atoms. The average molecular weight is 233 g/mol. The quantitative estimate of drug-likeness (QED) is 0.763. The topological polar surface area (TPSA) is 21.3 Å². The zero-order valence-electron chi connectivity index (χ0n) is 10.7. The fourth-order valence-corrected chi connectivity index (χ4v) is 2.42. The van der Waals surface area contributed by atoms with Crippen molar-refractivity contribution in [2.45, 2.75) is 32.7 Å². The molecule has 17 heavy (non-hydrogen) atoms. The average Bonchev–Trinajstić information content (AvgIpc) is 2.88. The zero-order chi connectivity index (χ0) is 11.9. The van der Waals surface area contributed by atoms with Crippen molar-refractivity contribution in [1.29, 1.82) is 0 Å². The van der Waals surface area contributed by atoms with Gasteiger partial charge in [-0.15, -0.1) is 0 Å². The SMILES string of the molecule is CCc1ccccc1CNCCC1CCOC1. The Morgan fingerprint density at radius 2 is 2.12 bits per heavy atom. The molecule has 1 atom stereocenters. The third-order valence-corrected chi connectivity index (χ3v) is 3.57. The lowest BCUT2D eigenvalue weighted by Crippen LogP contribution is -2.18. The highest BCUT2D eigenvalue weighted by Crippen LogP contribution is 2.15. The van der Waals surface area contributed by atoms with E-state index in [0.717, 1.165) is 38.6 Å².